The van der Waals surface area contributed by atoms with Gasteiger partial charge in [-0.2, -0.15) is 0 Å². The highest BCUT2D eigenvalue weighted by atomic mass is 16.5. The lowest BCUT2D eigenvalue weighted by Crippen LogP contribution is -2.35. The van der Waals surface area contributed by atoms with Crippen LogP contribution in [0.15, 0.2) is 18.3 Å². The molecule has 5 nitrogen and oxygen atoms in total. The molecule has 1 heterocycles. The van der Waals surface area contributed by atoms with Crippen LogP contribution < -0.4 is 0 Å². The molecule has 104 valence electrons. The Kier molecular flexibility index (Phi) is 3.93. The maximum Gasteiger partial charge on any atom is 0.310 e. The zero-order valence-corrected chi connectivity index (χ0v) is 11.6. The van der Waals surface area contributed by atoms with E-state index in [2.05, 4.69) is 4.74 Å². The summed E-state index contributed by atoms with van der Waals surface area (Å²) in [5.74, 6) is -0.659. The molecule has 0 aromatic carbocycles. The van der Waals surface area contributed by atoms with Gasteiger partial charge in [-0.15, -0.1) is 0 Å². The third kappa shape index (κ3) is 2.97. The van der Waals surface area contributed by atoms with Gasteiger partial charge in [-0.3, -0.25) is 9.59 Å². The minimum absolute atomic E-state index is 0.0485. The first-order chi connectivity index (χ1) is 9.04. The SMILES string of the molecule is COC(=O)C(C)CN(C)C(=O)c1cccn1C1CC1. The molecule has 5 heteroatoms. The van der Waals surface area contributed by atoms with Crippen LogP contribution in [0.2, 0.25) is 0 Å². The Balaban J connectivity index is 2.02. The number of amides is 1. The van der Waals surface area contributed by atoms with Crippen molar-refractivity contribution in [1.29, 1.82) is 0 Å². The van der Waals surface area contributed by atoms with E-state index in [1.165, 1.54) is 7.11 Å². The summed E-state index contributed by atoms with van der Waals surface area (Å²) in [6.07, 6.45) is 4.22. The Morgan fingerprint density at radius 2 is 2.21 bits per heavy atom. The van der Waals surface area contributed by atoms with E-state index in [0.29, 0.717) is 18.3 Å². The normalized spacial score (nSPS) is 15.9. The molecule has 1 aliphatic carbocycles. The molecule has 2 rings (SSSR count). The van der Waals surface area contributed by atoms with Crippen molar-refractivity contribution in [3.8, 4) is 0 Å². The number of hydrogen-bond donors (Lipinski definition) is 0. The minimum atomic E-state index is -0.316. The summed E-state index contributed by atoms with van der Waals surface area (Å²) in [7, 11) is 3.07. The smallest absolute Gasteiger partial charge is 0.310 e. The number of nitrogens with zero attached hydrogens (tertiary/aromatic N) is 2. The second-order valence-corrected chi connectivity index (χ2v) is 5.14. The Morgan fingerprint density at radius 1 is 1.53 bits per heavy atom. The molecule has 0 aliphatic heterocycles. The van der Waals surface area contributed by atoms with Gasteiger partial charge >= 0.3 is 5.97 Å². The van der Waals surface area contributed by atoms with E-state index in [4.69, 9.17) is 0 Å². The number of methoxy groups -OCH3 is 1. The van der Waals surface area contributed by atoms with Crippen molar-refractivity contribution in [1.82, 2.24) is 9.47 Å². The van der Waals surface area contributed by atoms with Crippen LogP contribution in [-0.2, 0) is 9.53 Å². The molecule has 19 heavy (non-hydrogen) atoms. The van der Waals surface area contributed by atoms with Gasteiger partial charge in [-0.25, -0.2) is 0 Å². The van der Waals surface area contributed by atoms with Crippen LogP contribution in [0.5, 0.6) is 0 Å². The van der Waals surface area contributed by atoms with Gasteiger partial charge in [0.25, 0.3) is 5.91 Å². The highest BCUT2D eigenvalue weighted by Gasteiger charge is 2.28. The van der Waals surface area contributed by atoms with Crippen LogP contribution in [-0.4, -0.2) is 42.0 Å². The van der Waals surface area contributed by atoms with Gasteiger partial charge in [-0.1, -0.05) is 6.92 Å². The molecule has 1 aromatic rings. The lowest BCUT2D eigenvalue weighted by Gasteiger charge is -2.21. The van der Waals surface area contributed by atoms with Crippen LogP contribution in [0.25, 0.3) is 0 Å². The molecule has 0 bridgehead atoms. The zero-order chi connectivity index (χ0) is 14.0. The molecule has 0 N–H and O–H groups in total. The van der Waals surface area contributed by atoms with Crippen molar-refractivity contribution in [2.45, 2.75) is 25.8 Å². The van der Waals surface area contributed by atoms with Crippen LogP contribution in [0, 0.1) is 5.92 Å². The molecule has 0 spiro atoms. The fourth-order valence-electron chi connectivity index (χ4n) is 2.21. The van der Waals surface area contributed by atoms with Gasteiger partial charge < -0.3 is 14.2 Å². The van der Waals surface area contributed by atoms with E-state index >= 15 is 0 Å². The molecular weight excluding hydrogens is 244 g/mol. The Hall–Kier alpha value is -1.78. The average molecular weight is 264 g/mol. The number of carbonyl (C=O) groups is 2. The molecule has 1 amide bonds. The second kappa shape index (κ2) is 5.47. The number of aromatic nitrogens is 1. The summed E-state index contributed by atoms with van der Waals surface area (Å²) in [5.41, 5.74) is 0.696. The number of hydrogen-bond acceptors (Lipinski definition) is 3. The zero-order valence-electron chi connectivity index (χ0n) is 11.6. The fraction of sp³-hybridized carbons (Fsp3) is 0.571. The van der Waals surface area contributed by atoms with Crippen LogP contribution in [0.4, 0.5) is 0 Å². The standard InChI is InChI=1S/C14H20N2O3/c1-10(14(18)19-3)9-15(2)13(17)12-5-4-8-16(12)11-6-7-11/h4-5,8,10-11H,6-7,9H2,1-3H3. The topological polar surface area (TPSA) is 51.5 Å². The average Bonchev–Trinajstić information content (AvgIpc) is 3.14. The van der Waals surface area contributed by atoms with Crippen molar-refractivity contribution >= 4 is 11.9 Å². The predicted octanol–water partition coefficient (Wildman–Crippen LogP) is 1.70. The molecule has 1 aromatic heterocycles. The highest BCUT2D eigenvalue weighted by molar-refractivity contribution is 5.93. The summed E-state index contributed by atoms with van der Waals surface area (Å²) in [6, 6.07) is 4.20. The van der Waals surface area contributed by atoms with Crippen LogP contribution in [0.1, 0.15) is 36.3 Å². The van der Waals surface area contributed by atoms with E-state index in [1.807, 2.05) is 22.9 Å². The molecular formula is C14H20N2O3. The minimum Gasteiger partial charge on any atom is -0.469 e. The molecule has 1 aliphatic rings. The first kappa shape index (κ1) is 13.6. The van der Waals surface area contributed by atoms with Gasteiger partial charge in [0, 0.05) is 25.8 Å². The molecule has 1 fully saturated rings. The highest BCUT2D eigenvalue weighted by Crippen LogP contribution is 2.36. The summed E-state index contributed by atoms with van der Waals surface area (Å²) in [5, 5.41) is 0. The third-order valence-electron chi connectivity index (χ3n) is 3.44. The number of rotatable bonds is 5. The Bertz CT molecular complexity index is 477. The lowest BCUT2D eigenvalue weighted by molar-refractivity contribution is -0.145. The van der Waals surface area contributed by atoms with E-state index in [9.17, 15) is 9.59 Å². The number of ether oxygens (including phenoxy) is 1. The molecule has 0 saturated heterocycles. The van der Waals surface area contributed by atoms with Gasteiger partial charge in [-0.05, 0) is 25.0 Å². The number of carbonyl (C=O) groups excluding carboxylic acids is 2. The molecule has 1 saturated carbocycles. The van der Waals surface area contributed by atoms with Crippen molar-refractivity contribution in [3.05, 3.63) is 24.0 Å². The monoisotopic (exact) mass is 264 g/mol. The summed E-state index contributed by atoms with van der Waals surface area (Å²) < 4.78 is 6.70. The van der Waals surface area contributed by atoms with Gasteiger partial charge in [0.15, 0.2) is 0 Å². The van der Waals surface area contributed by atoms with E-state index in [-0.39, 0.29) is 17.8 Å². The maximum absolute atomic E-state index is 12.4. The van der Waals surface area contributed by atoms with Crippen LogP contribution >= 0.6 is 0 Å². The summed E-state index contributed by atoms with van der Waals surface area (Å²) >= 11 is 0. The second-order valence-electron chi connectivity index (χ2n) is 5.14. The Morgan fingerprint density at radius 3 is 2.79 bits per heavy atom. The third-order valence-corrected chi connectivity index (χ3v) is 3.44. The van der Waals surface area contributed by atoms with Crippen molar-refractivity contribution in [2.24, 2.45) is 5.92 Å². The van der Waals surface area contributed by atoms with Gasteiger partial charge in [0.1, 0.15) is 5.69 Å². The Labute approximate surface area is 113 Å². The fourth-order valence-corrected chi connectivity index (χ4v) is 2.21. The first-order valence-corrected chi connectivity index (χ1v) is 6.54. The van der Waals surface area contributed by atoms with E-state index in [0.717, 1.165) is 12.8 Å². The maximum atomic E-state index is 12.4. The predicted molar refractivity (Wildman–Crippen MR) is 70.8 cm³/mol. The quantitative estimate of drug-likeness (QED) is 0.761. The van der Waals surface area contributed by atoms with E-state index < -0.39 is 0 Å². The largest absolute Gasteiger partial charge is 0.469 e. The molecule has 1 unspecified atom stereocenters. The molecule has 0 radical (unpaired) electrons. The number of esters is 1. The van der Waals surface area contributed by atoms with Gasteiger partial charge in [0.2, 0.25) is 0 Å². The lowest BCUT2D eigenvalue weighted by atomic mass is 10.1. The van der Waals surface area contributed by atoms with Crippen LogP contribution in [0.3, 0.4) is 0 Å². The summed E-state index contributed by atoms with van der Waals surface area (Å²) in [4.78, 5) is 25.3. The van der Waals surface area contributed by atoms with Gasteiger partial charge in [0.05, 0.1) is 13.0 Å². The molecule has 1 atom stereocenters. The summed E-state index contributed by atoms with van der Waals surface area (Å²) in [6.45, 7) is 2.12. The van der Waals surface area contributed by atoms with E-state index in [1.54, 1.807) is 18.9 Å². The van der Waals surface area contributed by atoms with Crippen molar-refractivity contribution < 1.29 is 14.3 Å². The first-order valence-electron chi connectivity index (χ1n) is 6.54. The van der Waals surface area contributed by atoms with Crippen molar-refractivity contribution in [3.63, 3.8) is 0 Å². The van der Waals surface area contributed by atoms with Crippen molar-refractivity contribution in [2.75, 3.05) is 20.7 Å².